The number of methoxy groups -OCH3 is 1. The van der Waals surface area contributed by atoms with Gasteiger partial charge in [-0.3, -0.25) is 4.79 Å². The number of aromatic nitrogens is 1. The minimum absolute atomic E-state index is 0.194. The van der Waals surface area contributed by atoms with E-state index in [0.29, 0.717) is 12.4 Å². The highest BCUT2D eigenvalue weighted by molar-refractivity contribution is 5.91. The van der Waals surface area contributed by atoms with Gasteiger partial charge in [0.15, 0.2) is 5.69 Å². The lowest BCUT2D eigenvalue weighted by molar-refractivity contribution is 0.0949. The predicted molar refractivity (Wildman–Crippen MR) is 87.3 cm³/mol. The van der Waals surface area contributed by atoms with Crippen LogP contribution in [0.4, 0.5) is 0 Å². The Bertz CT molecular complexity index is 635. The van der Waals surface area contributed by atoms with Crippen LogP contribution in [0.25, 0.3) is 0 Å². The molecule has 1 aromatic heterocycles. The van der Waals surface area contributed by atoms with Gasteiger partial charge in [-0.2, -0.15) is 0 Å². The van der Waals surface area contributed by atoms with Crippen molar-refractivity contribution < 1.29 is 13.9 Å². The second kappa shape index (κ2) is 7.78. The van der Waals surface area contributed by atoms with E-state index in [0.717, 1.165) is 17.7 Å². The van der Waals surface area contributed by atoms with Crippen molar-refractivity contribution in [3.63, 3.8) is 0 Å². The molecule has 0 aliphatic rings. The number of amides is 1. The molecule has 1 atom stereocenters. The van der Waals surface area contributed by atoms with E-state index in [4.69, 9.17) is 14.9 Å². The van der Waals surface area contributed by atoms with Crippen molar-refractivity contribution in [3.8, 4) is 5.75 Å². The molecule has 1 amide bonds. The molecule has 0 spiro atoms. The fourth-order valence-corrected chi connectivity index (χ4v) is 2.03. The first kappa shape index (κ1) is 17.0. The van der Waals surface area contributed by atoms with Gasteiger partial charge in [0.1, 0.15) is 12.0 Å². The highest BCUT2D eigenvalue weighted by atomic mass is 16.5. The van der Waals surface area contributed by atoms with Crippen LogP contribution in [0, 0.1) is 5.92 Å². The number of hydrogen-bond donors (Lipinski definition) is 2. The maximum atomic E-state index is 12.0. The van der Waals surface area contributed by atoms with E-state index in [1.54, 1.807) is 7.11 Å². The van der Waals surface area contributed by atoms with Gasteiger partial charge in [-0.1, -0.05) is 26.0 Å². The number of nitrogens with two attached hydrogens (primary N) is 1. The fourth-order valence-electron chi connectivity index (χ4n) is 2.03. The summed E-state index contributed by atoms with van der Waals surface area (Å²) in [5, 5.41) is 2.82. The van der Waals surface area contributed by atoms with Crippen LogP contribution in [0.5, 0.6) is 5.75 Å². The van der Waals surface area contributed by atoms with Crippen molar-refractivity contribution >= 4 is 5.91 Å². The van der Waals surface area contributed by atoms with Crippen molar-refractivity contribution in [2.75, 3.05) is 13.7 Å². The average molecular weight is 317 g/mol. The lowest BCUT2D eigenvalue weighted by Gasteiger charge is -2.10. The highest BCUT2D eigenvalue weighted by Gasteiger charge is 2.19. The van der Waals surface area contributed by atoms with Gasteiger partial charge in [0, 0.05) is 6.54 Å². The Morgan fingerprint density at radius 2 is 2.04 bits per heavy atom. The molecule has 0 aliphatic carbocycles. The second-order valence-corrected chi connectivity index (χ2v) is 5.69. The van der Waals surface area contributed by atoms with E-state index >= 15 is 0 Å². The molecule has 0 aliphatic heterocycles. The van der Waals surface area contributed by atoms with Gasteiger partial charge in [-0.05, 0) is 30.0 Å². The van der Waals surface area contributed by atoms with Crippen LogP contribution < -0.4 is 15.8 Å². The van der Waals surface area contributed by atoms with Gasteiger partial charge in [-0.15, -0.1) is 0 Å². The Balaban J connectivity index is 1.84. The first-order chi connectivity index (χ1) is 11.0. The topological polar surface area (TPSA) is 90.4 Å². The second-order valence-electron chi connectivity index (χ2n) is 5.69. The minimum atomic E-state index is -0.309. The zero-order chi connectivity index (χ0) is 16.8. The summed E-state index contributed by atoms with van der Waals surface area (Å²) in [6.45, 7) is 4.47. The van der Waals surface area contributed by atoms with Crippen molar-refractivity contribution in [1.29, 1.82) is 0 Å². The van der Waals surface area contributed by atoms with Gasteiger partial charge >= 0.3 is 0 Å². The Hall–Kier alpha value is -2.34. The summed E-state index contributed by atoms with van der Waals surface area (Å²) < 4.78 is 10.4. The number of carbonyl (C=O) groups is 1. The molecule has 6 nitrogen and oxygen atoms in total. The fraction of sp³-hybridized carbons (Fsp3) is 0.412. The van der Waals surface area contributed by atoms with Crippen LogP contribution in [0.2, 0.25) is 0 Å². The first-order valence-electron chi connectivity index (χ1n) is 7.63. The zero-order valence-corrected chi connectivity index (χ0v) is 13.7. The lowest BCUT2D eigenvalue weighted by Crippen LogP contribution is -2.26. The monoisotopic (exact) mass is 317 g/mol. The third kappa shape index (κ3) is 4.56. The lowest BCUT2D eigenvalue weighted by atomic mass is 10.1. The standard InChI is InChI=1S/C17H23N3O3/c1-11(2)15(18)17-20-14(10-23-17)16(21)19-9-8-12-4-6-13(22-3)7-5-12/h4-7,10-11,15H,8-9,18H2,1-3H3,(H,19,21). The van der Waals surface area contributed by atoms with Gasteiger partial charge in [-0.25, -0.2) is 4.98 Å². The third-order valence-electron chi connectivity index (χ3n) is 3.62. The Morgan fingerprint density at radius 3 is 2.65 bits per heavy atom. The number of benzene rings is 1. The molecule has 23 heavy (non-hydrogen) atoms. The van der Waals surface area contributed by atoms with Crippen LogP contribution in [0.3, 0.4) is 0 Å². The van der Waals surface area contributed by atoms with Gasteiger partial charge in [0.2, 0.25) is 5.89 Å². The smallest absolute Gasteiger partial charge is 0.273 e. The summed E-state index contributed by atoms with van der Waals surface area (Å²) in [4.78, 5) is 16.2. The Labute approximate surface area is 136 Å². The van der Waals surface area contributed by atoms with E-state index in [9.17, 15) is 4.79 Å². The van der Waals surface area contributed by atoms with Gasteiger partial charge in [0.25, 0.3) is 5.91 Å². The predicted octanol–water partition coefficient (Wildman–Crippen LogP) is 2.31. The molecule has 3 N–H and O–H groups in total. The summed E-state index contributed by atoms with van der Waals surface area (Å²) in [6, 6.07) is 7.43. The highest BCUT2D eigenvalue weighted by Crippen LogP contribution is 2.18. The van der Waals surface area contributed by atoms with Gasteiger partial charge < -0.3 is 20.2 Å². The van der Waals surface area contributed by atoms with E-state index in [1.807, 2.05) is 38.1 Å². The van der Waals surface area contributed by atoms with E-state index in [2.05, 4.69) is 10.3 Å². The van der Waals surface area contributed by atoms with Crippen molar-refractivity contribution in [2.45, 2.75) is 26.3 Å². The molecule has 1 unspecified atom stereocenters. The largest absolute Gasteiger partial charge is 0.497 e. The minimum Gasteiger partial charge on any atom is -0.497 e. The number of nitrogens with zero attached hydrogens (tertiary/aromatic N) is 1. The molecule has 0 fully saturated rings. The molecule has 1 heterocycles. The normalized spacial score (nSPS) is 12.2. The zero-order valence-electron chi connectivity index (χ0n) is 13.7. The van der Waals surface area contributed by atoms with Crippen molar-refractivity contribution in [3.05, 3.63) is 47.7 Å². The number of nitrogens with one attached hydrogen (secondary N) is 1. The molecular weight excluding hydrogens is 294 g/mol. The number of hydrogen-bond acceptors (Lipinski definition) is 5. The molecule has 1 aromatic carbocycles. The van der Waals surface area contributed by atoms with Crippen LogP contribution in [-0.2, 0) is 6.42 Å². The van der Waals surface area contributed by atoms with Crippen LogP contribution in [-0.4, -0.2) is 24.5 Å². The summed E-state index contributed by atoms with van der Waals surface area (Å²) in [5.41, 5.74) is 7.33. The molecule has 0 saturated heterocycles. The number of rotatable bonds is 7. The van der Waals surface area contributed by atoms with E-state index in [1.165, 1.54) is 6.26 Å². The summed E-state index contributed by atoms with van der Waals surface area (Å²) in [7, 11) is 1.63. The molecular formula is C17H23N3O3. The summed E-state index contributed by atoms with van der Waals surface area (Å²) >= 11 is 0. The Kier molecular flexibility index (Phi) is 5.76. The number of ether oxygens (including phenoxy) is 1. The molecule has 6 heteroatoms. The van der Waals surface area contributed by atoms with Crippen LogP contribution in [0.15, 0.2) is 34.9 Å². The molecule has 124 valence electrons. The van der Waals surface area contributed by atoms with Gasteiger partial charge in [0.05, 0.1) is 13.2 Å². The maximum Gasteiger partial charge on any atom is 0.273 e. The van der Waals surface area contributed by atoms with Crippen LogP contribution >= 0.6 is 0 Å². The molecule has 2 rings (SSSR count). The molecule has 0 radical (unpaired) electrons. The number of carbonyl (C=O) groups excluding carboxylic acids is 1. The quantitative estimate of drug-likeness (QED) is 0.818. The molecule has 0 saturated carbocycles. The Morgan fingerprint density at radius 1 is 1.35 bits per heavy atom. The average Bonchev–Trinajstić information content (AvgIpc) is 3.04. The molecule has 2 aromatic rings. The summed E-state index contributed by atoms with van der Waals surface area (Å²) in [6.07, 6.45) is 2.08. The van der Waals surface area contributed by atoms with Crippen molar-refractivity contribution in [1.82, 2.24) is 10.3 Å². The van der Waals surface area contributed by atoms with E-state index in [-0.39, 0.29) is 23.6 Å². The van der Waals surface area contributed by atoms with Crippen LogP contribution in [0.1, 0.15) is 41.8 Å². The number of oxazole rings is 1. The third-order valence-corrected chi connectivity index (χ3v) is 3.62. The molecule has 0 bridgehead atoms. The summed E-state index contributed by atoms with van der Waals surface area (Å²) in [5.74, 6) is 1.14. The first-order valence-corrected chi connectivity index (χ1v) is 7.63. The van der Waals surface area contributed by atoms with E-state index < -0.39 is 0 Å². The SMILES string of the molecule is COc1ccc(CCNC(=O)c2coc(C(N)C(C)C)n2)cc1. The maximum absolute atomic E-state index is 12.0. The van der Waals surface area contributed by atoms with Crippen molar-refractivity contribution in [2.24, 2.45) is 11.7 Å².